The summed E-state index contributed by atoms with van der Waals surface area (Å²) in [6.07, 6.45) is 2.68. The van der Waals surface area contributed by atoms with Crippen molar-refractivity contribution in [3.63, 3.8) is 0 Å². The standard InChI is InChI=1S/C15H14BrN3O2/c1-10-6-15(17-8-14(10)16)18-5-4-11-2-3-13(19(20)21)7-12(11)9-18/h2-3,6-8H,4-5,9H2,1H3. The second-order valence-electron chi connectivity index (χ2n) is 5.17. The van der Waals surface area contributed by atoms with E-state index in [4.69, 9.17) is 0 Å². The van der Waals surface area contributed by atoms with Gasteiger partial charge in [0, 0.05) is 35.9 Å². The molecular weight excluding hydrogens is 334 g/mol. The molecule has 1 aromatic carbocycles. The molecule has 1 aromatic heterocycles. The number of nitrogens with zero attached hydrogens (tertiary/aromatic N) is 3. The molecule has 0 saturated heterocycles. The number of pyridine rings is 1. The maximum atomic E-state index is 10.9. The summed E-state index contributed by atoms with van der Waals surface area (Å²) in [5.41, 5.74) is 3.48. The number of fused-ring (bicyclic) bond motifs is 1. The monoisotopic (exact) mass is 347 g/mol. The first-order chi connectivity index (χ1) is 10.0. The minimum Gasteiger partial charge on any atom is -0.352 e. The topological polar surface area (TPSA) is 59.3 Å². The molecular formula is C15H14BrN3O2. The Kier molecular flexibility index (Phi) is 3.63. The Balaban J connectivity index is 1.90. The van der Waals surface area contributed by atoms with Gasteiger partial charge in [0.2, 0.25) is 0 Å². The van der Waals surface area contributed by atoms with Crippen molar-refractivity contribution in [1.82, 2.24) is 4.98 Å². The lowest BCUT2D eigenvalue weighted by molar-refractivity contribution is -0.384. The number of aromatic nitrogens is 1. The van der Waals surface area contributed by atoms with Crippen LogP contribution in [-0.2, 0) is 13.0 Å². The van der Waals surface area contributed by atoms with E-state index in [0.29, 0.717) is 6.54 Å². The number of nitro groups is 1. The first kappa shape index (κ1) is 14.0. The Bertz CT molecular complexity index is 718. The van der Waals surface area contributed by atoms with Crippen molar-refractivity contribution in [2.75, 3.05) is 11.4 Å². The van der Waals surface area contributed by atoms with E-state index in [-0.39, 0.29) is 10.6 Å². The molecule has 0 unspecified atom stereocenters. The fourth-order valence-corrected chi connectivity index (χ4v) is 2.77. The molecule has 0 atom stereocenters. The Labute approximate surface area is 130 Å². The number of non-ortho nitro benzene ring substituents is 1. The summed E-state index contributed by atoms with van der Waals surface area (Å²) >= 11 is 3.45. The van der Waals surface area contributed by atoms with E-state index in [1.54, 1.807) is 18.3 Å². The predicted octanol–water partition coefficient (Wildman–Crippen LogP) is 3.62. The Morgan fingerprint density at radius 1 is 1.33 bits per heavy atom. The summed E-state index contributed by atoms with van der Waals surface area (Å²) in [4.78, 5) is 17.1. The van der Waals surface area contributed by atoms with E-state index in [1.165, 1.54) is 5.56 Å². The first-order valence-corrected chi connectivity index (χ1v) is 7.47. The van der Waals surface area contributed by atoms with E-state index < -0.39 is 0 Å². The molecule has 0 aliphatic carbocycles. The van der Waals surface area contributed by atoms with Gasteiger partial charge in [0.15, 0.2) is 0 Å². The summed E-state index contributed by atoms with van der Waals surface area (Å²) in [6.45, 7) is 3.56. The molecule has 0 amide bonds. The molecule has 108 valence electrons. The minimum atomic E-state index is -0.346. The van der Waals surface area contributed by atoms with Crippen LogP contribution >= 0.6 is 15.9 Å². The van der Waals surface area contributed by atoms with Gasteiger partial charge in [-0.05, 0) is 52.0 Å². The van der Waals surface area contributed by atoms with E-state index >= 15 is 0 Å². The number of benzene rings is 1. The van der Waals surface area contributed by atoms with Crippen LogP contribution in [-0.4, -0.2) is 16.5 Å². The molecule has 1 aliphatic heterocycles. The highest BCUT2D eigenvalue weighted by atomic mass is 79.9. The summed E-state index contributed by atoms with van der Waals surface area (Å²) < 4.78 is 0.985. The molecule has 6 heteroatoms. The molecule has 2 heterocycles. The molecule has 2 aromatic rings. The molecule has 5 nitrogen and oxygen atoms in total. The quantitative estimate of drug-likeness (QED) is 0.614. The van der Waals surface area contributed by atoms with Crippen molar-refractivity contribution in [3.05, 3.63) is 61.7 Å². The normalized spacial score (nSPS) is 13.9. The molecule has 0 N–H and O–H groups in total. The highest BCUT2D eigenvalue weighted by Gasteiger charge is 2.20. The third-order valence-corrected chi connectivity index (χ3v) is 4.60. The van der Waals surface area contributed by atoms with Crippen molar-refractivity contribution in [2.45, 2.75) is 19.9 Å². The molecule has 0 fully saturated rings. The molecule has 0 spiro atoms. The van der Waals surface area contributed by atoms with Crippen LogP contribution in [0.5, 0.6) is 0 Å². The van der Waals surface area contributed by atoms with Crippen LogP contribution in [0.4, 0.5) is 11.5 Å². The Morgan fingerprint density at radius 2 is 2.14 bits per heavy atom. The summed E-state index contributed by atoms with van der Waals surface area (Å²) in [6, 6.07) is 7.15. The van der Waals surface area contributed by atoms with Crippen molar-refractivity contribution in [3.8, 4) is 0 Å². The molecule has 0 radical (unpaired) electrons. The van der Waals surface area contributed by atoms with Gasteiger partial charge in [0.05, 0.1) is 4.92 Å². The van der Waals surface area contributed by atoms with Crippen molar-refractivity contribution in [1.29, 1.82) is 0 Å². The summed E-state index contributed by atoms with van der Waals surface area (Å²) in [5, 5.41) is 10.9. The highest BCUT2D eigenvalue weighted by molar-refractivity contribution is 9.10. The average Bonchev–Trinajstić information content (AvgIpc) is 2.49. The minimum absolute atomic E-state index is 0.149. The van der Waals surface area contributed by atoms with Gasteiger partial charge in [-0.1, -0.05) is 6.07 Å². The van der Waals surface area contributed by atoms with E-state index in [1.807, 2.05) is 19.1 Å². The second-order valence-corrected chi connectivity index (χ2v) is 6.03. The van der Waals surface area contributed by atoms with Gasteiger partial charge in [0.25, 0.3) is 5.69 Å². The van der Waals surface area contributed by atoms with Gasteiger partial charge < -0.3 is 4.90 Å². The lowest BCUT2D eigenvalue weighted by atomic mass is 9.99. The van der Waals surface area contributed by atoms with Crippen LogP contribution in [0.3, 0.4) is 0 Å². The highest BCUT2D eigenvalue weighted by Crippen LogP contribution is 2.27. The van der Waals surface area contributed by atoms with Gasteiger partial charge in [-0.15, -0.1) is 0 Å². The first-order valence-electron chi connectivity index (χ1n) is 6.68. The fraction of sp³-hybridized carbons (Fsp3) is 0.267. The van der Waals surface area contributed by atoms with Crippen LogP contribution in [0.25, 0.3) is 0 Å². The second kappa shape index (κ2) is 5.44. The average molecular weight is 348 g/mol. The molecule has 0 bridgehead atoms. The van der Waals surface area contributed by atoms with Gasteiger partial charge in [-0.3, -0.25) is 10.1 Å². The van der Waals surface area contributed by atoms with Crippen molar-refractivity contribution < 1.29 is 4.92 Å². The Hall–Kier alpha value is -1.95. The van der Waals surface area contributed by atoms with Crippen LogP contribution in [0, 0.1) is 17.0 Å². The predicted molar refractivity (Wildman–Crippen MR) is 84.5 cm³/mol. The van der Waals surface area contributed by atoms with Gasteiger partial charge in [0.1, 0.15) is 5.82 Å². The molecule has 0 saturated carbocycles. The number of hydrogen-bond donors (Lipinski definition) is 0. The van der Waals surface area contributed by atoms with Crippen LogP contribution in [0.2, 0.25) is 0 Å². The van der Waals surface area contributed by atoms with Crippen LogP contribution in [0.1, 0.15) is 16.7 Å². The lowest BCUT2D eigenvalue weighted by Gasteiger charge is -2.29. The summed E-state index contributed by atoms with van der Waals surface area (Å²) in [5.74, 6) is 0.910. The lowest BCUT2D eigenvalue weighted by Crippen LogP contribution is -2.31. The largest absolute Gasteiger partial charge is 0.352 e. The third kappa shape index (κ3) is 2.76. The zero-order valence-electron chi connectivity index (χ0n) is 11.5. The number of hydrogen-bond acceptors (Lipinski definition) is 4. The van der Waals surface area contributed by atoms with Crippen LogP contribution in [0.15, 0.2) is 34.9 Å². The molecule has 3 rings (SSSR count). The number of anilines is 1. The fourth-order valence-electron chi connectivity index (χ4n) is 2.55. The summed E-state index contributed by atoms with van der Waals surface area (Å²) in [7, 11) is 0. The molecule has 21 heavy (non-hydrogen) atoms. The zero-order chi connectivity index (χ0) is 15.0. The van der Waals surface area contributed by atoms with Gasteiger partial charge >= 0.3 is 0 Å². The molecule has 1 aliphatic rings. The van der Waals surface area contributed by atoms with Gasteiger partial charge in [-0.25, -0.2) is 4.98 Å². The number of halogens is 1. The zero-order valence-corrected chi connectivity index (χ0v) is 13.1. The van der Waals surface area contributed by atoms with Crippen molar-refractivity contribution >= 4 is 27.4 Å². The number of nitro benzene ring substituents is 1. The van der Waals surface area contributed by atoms with Gasteiger partial charge in [-0.2, -0.15) is 0 Å². The third-order valence-electron chi connectivity index (χ3n) is 3.77. The van der Waals surface area contributed by atoms with Crippen molar-refractivity contribution in [2.24, 2.45) is 0 Å². The maximum Gasteiger partial charge on any atom is 0.269 e. The van der Waals surface area contributed by atoms with E-state index in [0.717, 1.165) is 34.4 Å². The van der Waals surface area contributed by atoms with Crippen LogP contribution < -0.4 is 4.90 Å². The van der Waals surface area contributed by atoms with E-state index in [9.17, 15) is 10.1 Å². The smallest absolute Gasteiger partial charge is 0.269 e. The number of aryl methyl sites for hydroxylation is 1. The van der Waals surface area contributed by atoms with E-state index in [2.05, 4.69) is 25.8 Å². The maximum absolute atomic E-state index is 10.9. The Morgan fingerprint density at radius 3 is 2.86 bits per heavy atom. The number of rotatable bonds is 2. The SMILES string of the molecule is Cc1cc(N2CCc3ccc([N+](=O)[O-])cc3C2)ncc1Br.